The first-order valence-corrected chi connectivity index (χ1v) is 18.4. The summed E-state index contributed by atoms with van der Waals surface area (Å²) in [6.07, 6.45) is 0.960. The zero-order valence-corrected chi connectivity index (χ0v) is 31.6. The van der Waals surface area contributed by atoms with Crippen molar-refractivity contribution < 1.29 is 22.8 Å². The summed E-state index contributed by atoms with van der Waals surface area (Å²) in [6, 6.07) is 14.7. The van der Waals surface area contributed by atoms with Crippen molar-refractivity contribution in [3.8, 4) is 0 Å². The second-order valence-corrected chi connectivity index (χ2v) is 14.3. The van der Waals surface area contributed by atoms with Crippen LogP contribution in [0, 0.1) is 0 Å². The van der Waals surface area contributed by atoms with E-state index in [0.29, 0.717) is 23.3 Å². The van der Waals surface area contributed by atoms with Gasteiger partial charge in [0.15, 0.2) is 11.2 Å². The average molecular weight is 804 g/mol. The average Bonchev–Trinajstić information content (AvgIpc) is 3.82. The lowest BCUT2D eigenvalue weighted by Crippen LogP contribution is -2.42. The second-order valence-electron chi connectivity index (χ2n) is 13.9. The molecule has 5 aromatic rings. The summed E-state index contributed by atoms with van der Waals surface area (Å²) < 4.78 is 44.1. The first kappa shape index (κ1) is 39.0. The molecule has 2 amide bonds. The highest BCUT2D eigenvalue weighted by Crippen LogP contribution is 2.35. The Balaban J connectivity index is 1.04. The van der Waals surface area contributed by atoms with E-state index >= 15 is 0 Å². The molecule has 0 radical (unpaired) electrons. The minimum atomic E-state index is -4.67. The van der Waals surface area contributed by atoms with Gasteiger partial charge in [0, 0.05) is 38.4 Å². The summed E-state index contributed by atoms with van der Waals surface area (Å²) in [5, 5.41) is 16.5. The van der Waals surface area contributed by atoms with Gasteiger partial charge in [-0.25, -0.2) is 15.2 Å². The molecule has 15 nitrogen and oxygen atoms in total. The number of hydrogen-bond acceptors (Lipinski definition) is 10. The van der Waals surface area contributed by atoms with Crippen molar-refractivity contribution in [1.29, 1.82) is 0 Å². The van der Waals surface area contributed by atoms with Crippen molar-refractivity contribution in [2.45, 2.75) is 44.6 Å². The number of hydrazone groups is 1. The largest absolute Gasteiger partial charge is 0.417 e. The highest BCUT2D eigenvalue weighted by molar-refractivity contribution is 6.31. The number of carbonyl (C=O) groups is 2. The topological polar surface area (TPSA) is 164 Å². The lowest BCUT2D eigenvalue weighted by molar-refractivity contribution is -0.137. The number of nitrogens with one attached hydrogen (secondary N) is 2. The third-order valence-electron chi connectivity index (χ3n) is 9.80. The lowest BCUT2D eigenvalue weighted by Gasteiger charge is -2.29. The number of aromatic nitrogens is 4. The highest BCUT2D eigenvalue weighted by atomic mass is 35.5. The van der Waals surface area contributed by atoms with Gasteiger partial charge in [-0.2, -0.15) is 23.4 Å². The van der Waals surface area contributed by atoms with Crippen LogP contribution in [-0.4, -0.2) is 67.4 Å². The third-order valence-corrected chi connectivity index (χ3v) is 10.1. The Bertz CT molecular complexity index is 2540. The summed E-state index contributed by atoms with van der Waals surface area (Å²) in [5.41, 5.74) is 3.15. The normalized spacial score (nSPS) is 15.9. The number of benzene rings is 3. The molecule has 296 valence electrons. The highest BCUT2D eigenvalue weighted by Gasteiger charge is 2.33. The molecule has 2 aliphatic heterocycles. The Labute approximate surface area is 328 Å². The van der Waals surface area contributed by atoms with E-state index in [4.69, 9.17) is 11.6 Å². The Morgan fingerprint density at radius 1 is 1.00 bits per heavy atom. The number of rotatable bonds is 10. The van der Waals surface area contributed by atoms with Gasteiger partial charge in [-0.3, -0.25) is 28.5 Å². The summed E-state index contributed by atoms with van der Waals surface area (Å²) in [4.78, 5) is 59.6. The molecule has 2 N–H and O–H groups in total. The predicted octanol–water partition coefficient (Wildman–Crippen LogP) is 5.36. The van der Waals surface area contributed by atoms with Crippen LogP contribution >= 0.6 is 11.6 Å². The molecule has 0 aliphatic carbocycles. The summed E-state index contributed by atoms with van der Waals surface area (Å²) >= 11 is 5.73. The monoisotopic (exact) mass is 803 g/mol. The van der Waals surface area contributed by atoms with E-state index < -0.39 is 45.9 Å². The van der Waals surface area contributed by atoms with E-state index in [9.17, 15) is 32.3 Å². The van der Waals surface area contributed by atoms with Crippen LogP contribution in [0.2, 0.25) is 5.02 Å². The fourth-order valence-corrected chi connectivity index (χ4v) is 7.11. The number of fused-ring (bicyclic) bond motifs is 1. The zero-order valence-electron chi connectivity index (χ0n) is 30.8. The zero-order chi connectivity index (χ0) is 40.4. The number of imidazole rings is 1. The first-order chi connectivity index (χ1) is 27.3. The predicted molar refractivity (Wildman–Crippen MR) is 208 cm³/mol. The SMILES string of the molecule is Cn1cnc2c1c(=O)n(CC1CN(Cc3cccc(C(=O)Nc4ccc(N5CCCCC5)cc4C(=O)NN=Cc4ccc(Cl)c(C(F)(F)F)c4)c3)N=N1)c(=O)n2C. The number of anilines is 2. The van der Waals surface area contributed by atoms with Crippen LogP contribution in [0.15, 0.2) is 92.0 Å². The molecule has 0 saturated carbocycles. The van der Waals surface area contributed by atoms with Crippen molar-refractivity contribution in [2.75, 3.05) is 29.9 Å². The van der Waals surface area contributed by atoms with Crippen LogP contribution in [0.3, 0.4) is 0 Å². The van der Waals surface area contributed by atoms with Gasteiger partial charge in [-0.1, -0.05) is 35.0 Å². The molecule has 7 rings (SSSR count). The molecule has 1 saturated heterocycles. The van der Waals surface area contributed by atoms with Gasteiger partial charge in [-0.05, 0) is 72.9 Å². The number of piperidine rings is 1. The van der Waals surface area contributed by atoms with Gasteiger partial charge in [0.2, 0.25) is 0 Å². The molecule has 19 heteroatoms. The van der Waals surface area contributed by atoms with Crippen LogP contribution in [0.4, 0.5) is 24.5 Å². The Morgan fingerprint density at radius 3 is 2.56 bits per heavy atom. The summed E-state index contributed by atoms with van der Waals surface area (Å²) in [7, 11) is 3.24. The maximum Gasteiger partial charge on any atom is 0.417 e. The summed E-state index contributed by atoms with van der Waals surface area (Å²) in [5.74, 6) is -1.18. The summed E-state index contributed by atoms with van der Waals surface area (Å²) in [6.45, 7) is 2.22. The van der Waals surface area contributed by atoms with Gasteiger partial charge in [0.25, 0.3) is 17.4 Å². The van der Waals surface area contributed by atoms with E-state index in [2.05, 4.69) is 36.1 Å². The first-order valence-electron chi connectivity index (χ1n) is 18.0. The molecule has 0 spiro atoms. The minimum absolute atomic E-state index is 0.0208. The molecule has 1 unspecified atom stereocenters. The fourth-order valence-electron chi connectivity index (χ4n) is 6.88. The van der Waals surface area contributed by atoms with Crippen LogP contribution in [0.25, 0.3) is 11.2 Å². The van der Waals surface area contributed by atoms with Gasteiger partial charge < -0.3 is 14.8 Å². The van der Waals surface area contributed by atoms with E-state index in [1.165, 1.54) is 17.0 Å². The number of aryl methyl sites for hydroxylation is 2. The van der Waals surface area contributed by atoms with Crippen LogP contribution in [0.5, 0.6) is 0 Å². The second kappa shape index (κ2) is 16.0. The molecular weight excluding hydrogens is 767 g/mol. The van der Waals surface area contributed by atoms with Gasteiger partial charge in [0.1, 0.15) is 6.04 Å². The number of halogens is 4. The number of hydrogen-bond donors (Lipinski definition) is 2. The van der Waals surface area contributed by atoms with Crippen LogP contribution < -0.4 is 26.9 Å². The number of carbonyl (C=O) groups excluding carboxylic acids is 2. The van der Waals surface area contributed by atoms with Crippen molar-refractivity contribution in [3.63, 3.8) is 0 Å². The molecule has 1 atom stereocenters. The molecule has 1 fully saturated rings. The molecule has 2 aromatic heterocycles. The molecule has 4 heterocycles. The van der Waals surface area contributed by atoms with Gasteiger partial charge >= 0.3 is 11.9 Å². The van der Waals surface area contributed by atoms with E-state index in [1.807, 2.05) is 12.1 Å². The Hall–Kier alpha value is -6.30. The van der Waals surface area contributed by atoms with Gasteiger partial charge in [0.05, 0.1) is 54.0 Å². The van der Waals surface area contributed by atoms with Crippen molar-refractivity contribution in [1.82, 2.24) is 29.1 Å². The van der Waals surface area contributed by atoms with Gasteiger partial charge in [-0.15, -0.1) is 0 Å². The van der Waals surface area contributed by atoms with Crippen molar-refractivity contribution in [3.05, 3.63) is 121 Å². The molecular formula is C38H37ClF3N11O4. The fraction of sp³-hybridized carbons (Fsp3) is 0.316. The van der Waals surface area contributed by atoms with E-state index in [1.54, 1.807) is 54.0 Å². The maximum absolute atomic E-state index is 13.6. The van der Waals surface area contributed by atoms with Crippen molar-refractivity contribution in [2.24, 2.45) is 29.5 Å². The Morgan fingerprint density at radius 2 is 1.79 bits per heavy atom. The number of nitrogens with zero attached hydrogens (tertiary/aromatic N) is 9. The lowest BCUT2D eigenvalue weighted by atomic mass is 10.1. The molecule has 0 bridgehead atoms. The van der Waals surface area contributed by atoms with E-state index in [0.717, 1.165) is 66.5 Å². The maximum atomic E-state index is 13.6. The minimum Gasteiger partial charge on any atom is -0.372 e. The van der Waals surface area contributed by atoms with Crippen LogP contribution in [0.1, 0.15) is 56.7 Å². The smallest absolute Gasteiger partial charge is 0.372 e. The molecule has 3 aromatic carbocycles. The van der Waals surface area contributed by atoms with E-state index in [-0.39, 0.29) is 29.9 Å². The number of amides is 2. The third kappa shape index (κ3) is 8.45. The number of alkyl halides is 3. The van der Waals surface area contributed by atoms with Crippen molar-refractivity contribution >= 4 is 52.2 Å². The Kier molecular flexibility index (Phi) is 11.0. The molecule has 2 aliphatic rings. The quantitative estimate of drug-likeness (QED) is 0.142. The standard InChI is InChI=1S/C38H37ClF3N11O4/c1-49-22-43-33-32(49)36(56)53(37(57)50(33)2)21-26-20-52(48-46-26)19-24-7-6-8-25(15-24)34(54)45-31-12-10-27(51-13-4-3-5-14-51)17-28(31)35(55)47-44-18-23-9-11-30(39)29(16-23)38(40,41)42/h6-12,15-18,22,26H,3-5,13-14,19-21H2,1-2H3,(H,45,54)(H,47,55). The molecule has 57 heavy (non-hydrogen) atoms. The van der Waals surface area contributed by atoms with Crippen LogP contribution in [-0.2, 0) is 33.4 Å².